The molecule has 0 aliphatic rings. The van der Waals surface area contributed by atoms with Gasteiger partial charge in [-0.05, 0) is 12.1 Å². The van der Waals surface area contributed by atoms with Gasteiger partial charge in [-0.25, -0.2) is 0 Å². The number of carbonyl (C=O) groups is 1. The molecule has 0 aromatic heterocycles. The summed E-state index contributed by atoms with van der Waals surface area (Å²) in [6.07, 6.45) is 5.31. The Hall–Kier alpha value is -1.98. The van der Waals surface area contributed by atoms with Gasteiger partial charge < -0.3 is 4.90 Å². The summed E-state index contributed by atoms with van der Waals surface area (Å²) < 4.78 is 0. The Morgan fingerprint density at radius 2 is 1.94 bits per heavy atom. The number of amides is 1. The van der Waals surface area contributed by atoms with Gasteiger partial charge in [-0.3, -0.25) is 4.79 Å². The average molecular weight is 258 g/mol. The topological polar surface area (TPSA) is 20.3 Å². The summed E-state index contributed by atoms with van der Waals surface area (Å²) in [5, 5.41) is 2.51. The third kappa shape index (κ3) is 2.18. The number of halogens is 1. The molecule has 0 aliphatic heterocycles. The van der Waals surface area contributed by atoms with Crippen molar-refractivity contribution in [3.63, 3.8) is 0 Å². The molecule has 2 aromatic rings. The molecule has 0 fully saturated rings. The molecule has 0 N–H and O–H groups in total. The SMILES string of the molecule is C#CCN(C(C)=O)c1ccc(Cl)c2ccccc12. The van der Waals surface area contributed by atoms with E-state index in [0.29, 0.717) is 5.02 Å². The van der Waals surface area contributed by atoms with Crippen molar-refractivity contribution >= 4 is 34.0 Å². The van der Waals surface area contributed by atoms with Crippen LogP contribution in [-0.4, -0.2) is 12.5 Å². The van der Waals surface area contributed by atoms with Gasteiger partial charge in [0.15, 0.2) is 0 Å². The van der Waals surface area contributed by atoms with E-state index in [1.165, 1.54) is 6.92 Å². The van der Waals surface area contributed by atoms with Gasteiger partial charge in [-0.15, -0.1) is 6.42 Å². The molecule has 90 valence electrons. The van der Waals surface area contributed by atoms with Gasteiger partial charge >= 0.3 is 0 Å². The van der Waals surface area contributed by atoms with E-state index in [9.17, 15) is 4.79 Å². The highest BCUT2D eigenvalue weighted by molar-refractivity contribution is 6.36. The van der Waals surface area contributed by atoms with Gasteiger partial charge in [-0.2, -0.15) is 0 Å². The first-order chi connectivity index (χ1) is 8.65. The molecule has 0 radical (unpaired) electrons. The first-order valence-corrected chi connectivity index (χ1v) is 5.91. The Balaban J connectivity index is 2.68. The number of benzene rings is 2. The Labute approximate surface area is 111 Å². The van der Waals surface area contributed by atoms with E-state index in [1.807, 2.05) is 30.3 Å². The summed E-state index contributed by atoms with van der Waals surface area (Å²) in [7, 11) is 0. The fourth-order valence-electron chi connectivity index (χ4n) is 1.94. The van der Waals surface area contributed by atoms with Crippen molar-refractivity contribution < 1.29 is 4.79 Å². The standard InChI is InChI=1S/C15H12ClNO/c1-3-10-17(11(2)18)15-9-8-14(16)12-6-4-5-7-13(12)15/h1,4-9H,10H2,2H3. The third-order valence-corrected chi connectivity index (χ3v) is 3.10. The van der Waals surface area contributed by atoms with Crippen LogP contribution in [0.2, 0.25) is 5.02 Å². The predicted octanol–water partition coefficient (Wildman–Crippen LogP) is 3.48. The molecule has 1 amide bonds. The summed E-state index contributed by atoms with van der Waals surface area (Å²) in [5.74, 6) is 2.42. The second-order valence-corrected chi connectivity index (χ2v) is 4.33. The van der Waals surface area contributed by atoms with Crippen LogP contribution in [0.5, 0.6) is 0 Å². The molecular formula is C15H12ClNO. The molecule has 0 saturated heterocycles. The molecule has 0 saturated carbocycles. The molecule has 18 heavy (non-hydrogen) atoms. The number of fused-ring (bicyclic) bond motifs is 1. The highest BCUT2D eigenvalue weighted by atomic mass is 35.5. The zero-order valence-corrected chi connectivity index (χ0v) is 10.7. The lowest BCUT2D eigenvalue weighted by atomic mass is 10.1. The molecule has 0 atom stereocenters. The van der Waals surface area contributed by atoms with E-state index in [1.54, 1.807) is 11.0 Å². The van der Waals surface area contributed by atoms with Crippen LogP contribution in [0.3, 0.4) is 0 Å². The van der Waals surface area contributed by atoms with Gasteiger partial charge in [0.05, 0.1) is 12.2 Å². The zero-order valence-electron chi connectivity index (χ0n) is 9.98. The lowest BCUT2D eigenvalue weighted by molar-refractivity contribution is -0.116. The number of carbonyl (C=O) groups excluding carboxylic acids is 1. The minimum Gasteiger partial charge on any atom is -0.300 e. The van der Waals surface area contributed by atoms with E-state index in [-0.39, 0.29) is 12.5 Å². The van der Waals surface area contributed by atoms with Crippen molar-refractivity contribution in [2.75, 3.05) is 11.4 Å². The average Bonchev–Trinajstić information content (AvgIpc) is 2.37. The van der Waals surface area contributed by atoms with E-state index in [4.69, 9.17) is 18.0 Å². The Morgan fingerprint density at radius 1 is 1.28 bits per heavy atom. The molecule has 0 aliphatic carbocycles. The molecule has 2 rings (SSSR count). The van der Waals surface area contributed by atoms with Crippen LogP contribution in [0.1, 0.15) is 6.92 Å². The maximum Gasteiger partial charge on any atom is 0.224 e. The summed E-state index contributed by atoms with van der Waals surface area (Å²) in [4.78, 5) is 13.2. The van der Waals surface area contributed by atoms with Crippen molar-refractivity contribution in [3.05, 3.63) is 41.4 Å². The molecule has 2 nitrogen and oxygen atoms in total. The van der Waals surface area contributed by atoms with Crippen LogP contribution >= 0.6 is 11.6 Å². The second kappa shape index (κ2) is 5.12. The predicted molar refractivity (Wildman–Crippen MR) is 75.8 cm³/mol. The fourth-order valence-corrected chi connectivity index (χ4v) is 2.17. The molecule has 3 heteroatoms. The Kier molecular flexibility index (Phi) is 3.55. The number of terminal acetylenes is 1. The molecule has 0 heterocycles. The molecular weight excluding hydrogens is 246 g/mol. The van der Waals surface area contributed by atoms with Crippen molar-refractivity contribution in [3.8, 4) is 12.3 Å². The van der Waals surface area contributed by atoms with E-state index < -0.39 is 0 Å². The van der Waals surface area contributed by atoms with Crippen molar-refractivity contribution in [1.29, 1.82) is 0 Å². The van der Waals surface area contributed by atoms with Gasteiger partial charge in [0.2, 0.25) is 5.91 Å². The van der Waals surface area contributed by atoms with Crippen LogP contribution in [0.4, 0.5) is 5.69 Å². The van der Waals surface area contributed by atoms with Crippen LogP contribution < -0.4 is 4.90 Å². The normalized spacial score (nSPS) is 10.1. The summed E-state index contributed by atoms with van der Waals surface area (Å²) in [5.41, 5.74) is 0.792. The van der Waals surface area contributed by atoms with Crippen LogP contribution in [-0.2, 0) is 4.79 Å². The largest absolute Gasteiger partial charge is 0.300 e. The lowest BCUT2D eigenvalue weighted by Crippen LogP contribution is -2.28. The second-order valence-electron chi connectivity index (χ2n) is 3.92. The van der Waals surface area contributed by atoms with Crippen LogP contribution in [0.25, 0.3) is 10.8 Å². The number of anilines is 1. The monoisotopic (exact) mass is 257 g/mol. The number of hydrogen-bond acceptors (Lipinski definition) is 1. The van der Waals surface area contributed by atoms with Gasteiger partial charge in [0.1, 0.15) is 0 Å². The summed E-state index contributed by atoms with van der Waals surface area (Å²) >= 11 is 6.15. The van der Waals surface area contributed by atoms with E-state index in [0.717, 1.165) is 16.5 Å². The third-order valence-electron chi connectivity index (χ3n) is 2.77. The van der Waals surface area contributed by atoms with E-state index >= 15 is 0 Å². The highest BCUT2D eigenvalue weighted by Crippen LogP contribution is 2.31. The van der Waals surface area contributed by atoms with Crippen molar-refractivity contribution in [2.45, 2.75) is 6.92 Å². The minimum absolute atomic E-state index is 0.0829. The Bertz CT molecular complexity index is 642. The first-order valence-electron chi connectivity index (χ1n) is 5.54. The number of nitrogens with zero attached hydrogens (tertiary/aromatic N) is 1. The number of rotatable bonds is 2. The number of hydrogen-bond donors (Lipinski definition) is 0. The molecule has 0 unspecified atom stereocenters. The summed E-state index contributed by atoms with van der Waals surface area (Å²) in [6, 6.07) is 11.3. The van der Waals surface area contributed by atoms with E-state index in [2.05, 4.69) is 5.92 Å². The smallest absolute Gasteiger partial charge is 0.224 e. The first kappa shape index (κ1) is 12.5. The minimum atomic E-state index is -0.0829. The quantitative estimate of drug-likeness (QED) is 0.755. The highest BCUT2D eigenvalue weighted by Gasteiger charge is 2.14. The van der Waals surface area contributed by atoms with Gasteiger partial charge in [0.25, 0.3) is 0 Å². The fraction of sp³-hybridized carbons (Fsp3) is 0.133. The van der Waals surface area contributed by atoms with Crippen LogP contribution in [0.15, 0.2) is 36.4 Å². The van der Waals surface area contributed by atoms with Gasteiger partial charge in [-0.1, -0.05) is 41.8 Å². The Morgan fingerprint density at radius 3 is 2.56 bits per heavy atom. The zero-order chi connectivity index (χ0) is 13.1. The maximum atomic E-state index is 11.7. The lowest BCUT2D eigenvalue weighted by Gasteiger charge is -2.20. The van der Waals surface area contributed by atoms with Gasteiger partial charge in [0, 0.05) is 22.7 Å². The maximum absolute atomic E-state index is 11.7. The van der Waals surface area contributed by atoms with Crippen molar-refractivity contribution in [2.24, 2.45) is 0 Å². The molecule has 0 bridgehead atoms. The van der Waals surface area contributed by atoms with Crippen molar-refractivity contribution in [1.82, 2.24) is 0 Å². The summed E-state index contributed by atoms with van der Waals surface area (Å²) in [6.45, 7) is 1.75. The van der Waals surface area contributed by atoms with Crippen LogP contribution in [0, 0.1) is 12.3 Å². The molecule has 0 spiro atoms. The molecule has 2 aromatic carbocycles.